The summed E-state index contributed by atoms with van der Waals surface area (Å²) >= 11 is 7.42. The van der Waals surface area contributed by atoms with Crippen LogP contribution < -0.4 is 5.32 Å². The van der Waals surface area contributed by atoms with Crippen molar-refractivity contribution in [1.29, 1.82) is 0 Å². The average Bonchev–Trinajstić information content (AvgIpc) is 3.03. The van der Waals surface area contributed by atoms with Gasteiger partial charge in [-0.05, 0) is 37.6 Å². The predicted octanol–water partition coefficient (Wildman–Crippen LogP) is 2.45. The molecule has 0 bridgehead atoms. The summed E-state index contributed by atoms with van der Waals surface area (Å²) in [5, 5.41) is 3.10. The molecule has 2 amide bonds. The van der Waals surface area contributed by atoms with E-state index in [-0.39, 0.29) is 23.5 Å². The molecular weight excluding hydrogens is 346 g/mol. The number of rotatable bonds is 2. The van der Waals surface area contributed by atoms with Gasteiger partial charge >= 0.3 is 0 Å². The van der Waals surface area contributed by atoms with Gasteiger partial charge in [-0.25, -0.2) is 0 Å². The van der Waals surface area contributed by atoms with Crippen molar-refractivity contribution in [3.05, 3.63) is 23.2 Å². The zero-order valence-electron chi connectivity index (χ0n) is 13.3. The van der Waals surface area contributed by atoms with E-state index in [1.807, 2.05) is 17.0 Å². The molecule has 0 aliphatic carbocycles. The number of piperazine rings is 1. The van der Waals surface area contributed by atoms with Crippen molar-refractivity contribution >= 4 is 40.9 Å². The minimum Gasteiger partial charge on any atom is -0.340 e. The molecule has 3 aliphatic heterocycles. The minimum atomic E-state index is -0.368. The van der Waals surface area contributed by atoms with Gasteiger partial charge in [0.15, 0.2) is 0 Å². The number of halogens is 1. The third-order valence-corrected chi connectivity index (χ3v) is 6.57. The van der Waals surface area contributed by atoms with Gasteiger partial charge in [-0.1, -0.05) is 11.6 Å². The Bertz CT molecular complexity index is 684. The van der Waals surface area contributed by atoms with Crippen LogP contribution >= 0.6 is 23.4 Å². The first-order valence-corrected chi connectivity index (χ1v) is 9.65. The van der Waals surface area contributed by atoms with Gasteiger partial charge in [0.1, 0.15) is 0 Å². The highest BCUT2D eigenvalue weighted by Gasteiger charge is 2.35. The molecule has 0 saturated carbocycles. The number of anilines is 1. The number of carbonyl (C=O) groups excluding carboxylic acids is 2. The lowest BCUT2D eigenvalue weighted by Gasteiger charge is -2.38. The summed E-state index contributed by atoms with van der Waals surface area (Å²) in [6.45, 7) is 3.71. The first kappa shape index (κ1) is 16.2. The monoisotopic (exact) mass is 365 g/mol. The Hall–Kier alpha value is -1.24. The number of nitrogens with zero attached hydrogens (tertiary/aromatic N) is 2. The fraction of sp³-hybridized carbons (Fsp3) is 0.529. The molecule has 0 radical (unpaired) electrons. The number of carbonyl (C=O) groups is 2. The maximum absolute atomic E-state index is 12.7. The van der Waals surface area contributed by atoms with E-state index in [0.29, 0.717) is 11.1 Å². The fourth-order valence-electron chi connectivity index (χ4n) is 3.76. The molecule has 5 nitrogen and oxygen atoms in total. The molecule has 128 valence electrons. The maximum Gasteiger partial charge on any atom is 0.238 e. The van der Waals surface area contributed by atoms with Gasteiger partial charge in [-0.2, -0.15) is 0 Å². The van der Waals surface area contributed by atoms with Crippen molar-refractivity contribution in [2.24, 2.45) is 0 Å². The van der Waals surface area contributed by atoms with Crippen LogP contribution in [0.3, 0.4) is 0 Å². The molecule has 3 heterocycles. The molecular formula is C17H20ClN3O2S. The standard InChI is InChI=1S/C17H20ClN3O2S/c18-11-3-4-14-13(8-11)19-17(23)15(24-14)9-16(22)21-7-6-20-5-1-2-12(20)10-21/h3-4,8,12,15H,1-2,5-7,9-10H2,(H,19,23). The Morgan fingerprint density at radius 2 is 2.21 bits per heavy atom. The maximum atomic E-state index is 12.7. The zero-order valence-corrected chi connectivity index (χ0v) is 14.9. The van der Waals surface area contributed by atoms with Gasteiger partial charge < -0.3 is 10.2 Å². The summed E-state index contributed by atoms with van der Waals surface area (Å²) in [5.41, 5.74) is 0.737. The third-order valence-electron chi connectivity index (χ3n) is 5.06. The van der Waals surface area contributed by atoms with E-state index in [4.69, 9.17) is 11.6 Å². The summed E-state index contributed by atoms with van der Waals surface area (Å²) in [6.07, 6.45) is 2.66. The van der Waals surface area contributed by atoms with Crippen LogP contribution in [0.5, 0.6) is 0 Å². The lowest BCUT2D eigenvalue weighted by Crippen LogP contribution is -2.52. The Morgan fingerprint density at radius 3 is 3.08 bits per heavy atom. The van der Waals surface area contributed by atoms with Crippen LogP contribution in [0.2, 0.25) is 5.02 Å². The third kappa shape index (κ3) is 3.15. The van der Waals surface area contributed by atoms with Crippen LogP contribution in [0.1, 0.15) is 19.3 Å². The number of hydrogen-bond donors (Lipinski definition) is 1. The summed E-state index contributed by atoms with van der Waals surface area (Å²) in [7, 11) is 0. The molecule has 7 heteroatoms. The summed E-state index contributed by atoms with van der Waals surface area (Å²) in [5.74, 6) is -0.0192. The molecule has 1 N–H and O–H groups in total. The van der Waals surface area contributed by atoms with Crippen molar-refractivity contribution in [3.63, 3.8) is 0 Å². The van der Waals surface area contributed by atoms with Crippen LogP contribution in [0.15, 0.2) is 23.1 Å². The molecule has 2 unspecified atom stereocenters. The van der Waals surface area contributed by atoms with Gasteiger partial charge in [-0.3, -0.25) is 14.5 Å². The Labute approximate surface area is 150 Å². The zero-order chi connectivity index (χ0) is 16.7. The van der Waals surface area contributed by atoms with E-state index in [1.54, 1.807) is 6.07 Å². The molecule has 0 aromatic heterocycles. The number of benzene rings is 1. The first-order chi connectivity index (χ1) is 11.6. The highest BCUT2D eigenvalue weighted by Crippen LogP contribution is 2.38. The fourth-order valence-corrected chi connectivity index (χ4v) is 5.02. The van der Waals surface area contributed by atoms with E-state index in [1.165, 1.54) is 24.6 Å². The number of fused-ring (bicyclic) bond motifs is 2. The first-order valence-electron chi connectivity index (χ1n) is 8.39. The summed E-state index contributed by atoms with van der Waals surface area (Å²) in [6, 6.07) is 5.97. The molecule has 24 heavy (non-hydrogen) atoms. The number of amides is 2. The van der Waals surface area contributed by atoms with Crippen molar-refractivity contribution in [1.82, 2.24) is 9.80 Å². The van der Waals surface area contributed by atoms with Crippen LogP contribution in [-0.2, 0) is 9.59 Å². The number of nitrogens with one attached hydrogen (secondary N) is 1. The normalized spacial score (nSPS) is 26.7. The number of hydrogen-bond acceptors (Lipinski definition) is 4. The molecule has 2 fully saturated rings. The highest BCUT2D eigenvalue weighted by atomic mass is 35.5. The van der Waals surface area contributed by atoms with Gasteiger partial charge in [0, 0.05) is 42.0 Å². The topological polar surface area (TPSA) is 52.7 Å². The summed E-state index contributed by atoms with van der Waals surface area (Å²) in [4.78, 5) is 30.4. The Balaban J connectivity index is 1.40. The SMILES string of the molecule is O=C1Nc2cc(Cl)ccc2SC1CC(=O)N1CCN2CCCC2C1. The molecule has 3 aliphatic rings. The molecule has 1 aromatic carbocycles. The molecule has 0 spiro atoms. The number of thioether (sulfide) groups is 1. The highest BCUT2D eigenvalue weighted by molar-refractivity contribution is 8.01. The van der Waals surface area contributed by atoms with Crippen LogP contribution in [-0.4, -0.2) is 59.1 Å². The van der Waals surface area contributed by atoms with Crippen molar-refractivity contribution in [2.75, 3.05) is 31.5 Å². The second-order valence-corrected chi connectivity index (χ2v) is 8.29. The molecule has 2 saturated heterocycles. The van der Waals surface area contributed by atoms with Crippen molar-refractivity contribution in [2.45, 2.75) is 35.4 Å². The summed E-state index contributed by atoms with van der Waals surface area (Å²) < 4.78 is 0. The van der Waals surface area contributed by atoms with Gasteiger partial charge in [-0.15, -0.1) is 11.8 Å². The van der Waals surface area contributed by atoms with Gasteiger partial charge in [0.25, 0.3) is 0 Å². The van der Waals surface area contributed by atoms with E-state index in [0.717, 1.165) is 36.8 Å². The van der Waals surface area contributed by atoms with Crippen LogP contribution in [0, 0.1) is 0 Å². The predicted molar refractivity (Wildman–Crippen MR) is 95.5 cm³/mol. The van der Waals surface area contributed by atoms with Crippen LogP contribution in [0.4, 0.5) is 5.69 Å². The molecule has 4 rings (SSSR count). The Kier molecular flexibility index (Phi) is 4.45. The molecule has 2 atom stereocenters. The van der Waals surface area contributed by atoms with Gasteiger partial charge in [0.2, 0.25) is 11.8 Å². The van der Waals surface area contributed by atoms with E-state index >= 15 is 0 Å². The smallest absolute Gasteiger partial charge is 0.238 e. The second-order valence-electron chi connectivity index (χ2n) is 6.61. The lowest BCUT2D eigenvalue weighted by molar-refractivity contribution is -0.135. The van der Waals surface area contributed by atoms with E-state index in [2.05, 4.69) is 10.2 Å². The van der Waals surface area contributed by atoms with Crippen molar-refractivity contribution in [3.8, 4) is 0 Å². The molecule has 1 aromatic rings. The Morgan fingerprint density at radius 1 is 1.33 bits per heavy atom. The van der Waals surface area contributed by atoms with Crippen molar-refractivity contribution < 1.29 is 9.59 Å². The van der Waals surface area contributed by atoms with Gasteiger partial charge in [0.05, 0.1) is 10.9 Å². The second kappa shape index (κ2) is 6.58. The quantitative estimate of drug-likeness (QED) is 0.874. The minimum absolute atomic E-state index is 0.0895. The van der Waals surface area contributed by atoms with E-state index < -0.39 is 0 Å². The largest absolute Gasteiger partial charge is 0.340 e. The van der Waals surface area contributed by atoms with E-state index in [9.17, 15) is 9.59 Å². The lowest BCUT2D eigenvalue weighted by atomic mass is 10.1. The average molecular weight is 366 g/mol. The van der Waals surface area contributed by atoms with Crippen LogP contribution in [0.25, 0.3) is 0 Å².